The van der Waals surface area contributed by atoms with E-state index in [1.54, 1.807) is 38.5 Å². The van der Waals surface area contributed by atoms with Crippen LogP contribution < -0.4 is 9.47 Å². The molecule has 2 aromatic carbocycles. The Kier molecular flexibility index (Phi) is 8.03. The van der Waals surface area contributed by atoms with E-state index in [4.69, 9.17) is 9.47 Å². The lowest BCUT2D eigenvalue weighted by Gasteiger charge is -2.23. The van der Waals surface area contributed by atoms with E-state index >= 15 is 0 Å². The first-order chi connectivity index (χ1) is 16.6. The summed E-state index contributed by atoms with van der Waals surface area (Å²) < 4.78 is 12.7. The topological polar surface area (TPSA) is 63.9 Å². The van der Waals surface area contributed by atoms with Crippen molar-refractivity contribution in [2.24, 2.45) is 0 Å². The number of aromatic nitrogens is 1. The second kappa shape index (κ2) is 11.4. The standard InChI is InChI=1S/C28H34N2O4/c1-33-27-14-12-21(17-28(27)34-2)26(32)13-11-22-18-30(25-10-6-5-9-24(22)25)20-23(31)19-29-15-7-3-4-8-16-29/h5-6,9-14,17-18,23,31H,3-4,7-8,15-16,19-20H2,1-2H3/b13-11-/t23-/m1/s1. The minimum atomic E-state index is -0.445. The third kappa shape index (κ3) is 5.69. The Hall–Kier alpha value is -3.09. The molecule has 1 N–H and O–H groups in total. The molecular formula is C28H34N2O4. The van der Waals surface area contributed by atoms with E-state index in [9.17, 15) is 9.90 Å². The number of nitrogens with zero attached hydrogens (tertiary/aromatic N) is 2. The zero-order valence-electron chi connectivity index (χ0n) is 20.1. The van der Waals surface area contributed by atoms with Crippen LogP contribution in [0.2, 0.25) is 0 Å². The molecule has 1 aliphatic rings. The quantitative estimate of drug-likeness (QED) is 0.366. The number of hydrogen-bond acceptors (Lipinski definition) is 5. The number of β-amino-alcohol motifs (C(OH)–C–C–N with tert-alkyl or cyclic N) is 1. The number of ketones is 1. The zero-order valence-corrected chi connectivity index (χ0v) is 20.1. The lowest BCUT2D eigenvalue weighted by molar-refractivity contribution is 0.101. The highest BCUT2D eigenvalue weighted by molar-refractivity contribution is 6.08. The highest BCUT2D eigenvalue weighted by Gasteiger charge is 2.16. The second-order valence-electron chi connectivity index (χ2n) is 8.89. The van der Waals surface area contributed by atoms with Crippen molar-refractivity contribution in [1.29, 1.82) is 0 Å². The van der Waals surface area contributed by atoms with Gasteiger partial charge in [0.1, 0.15) is 0 Å². The van der Waals surface area contributed by atoms with Crippen LogP contribution in [0, 0.1) is 0 Å². The maximum absolute atomic E-state index is 12.8. The number of benzene rings is 2. The number of methoxy groups -OCH3 is 2. The summed E-state index contributed by atoms with van der Waals surface area (Å²) in [5.74, 6) is 1.00. The summed E-state index contributed by atoms with van der Waals surface area (Å²) in [5, 5.41) is 11.9. The molecule has 6 nitrogen and oxygen atoms in total. The molecule has 1 fully saturated rings. The van der Waals surface area contributed by atoms with Crippen molar-refractivity contribution >= 4 is 22.8 Å². The number of carbonyl (C=O) groups excluding carboxylic acids is 1. The molecule has 1 saturated heterocycles. The zero-order chi connectivity index (χ0) is 23.9. The molecule has 0 aliphatic carbocycles. The van der Waals surface area contributed by atoms with Gasteiger partial charge >= 0.3 is 0 Å². The molecule has 0 amide bonds. The van der Waals surface area contributed by atoms with E-state index in [2.05, 4.69) is 15.5 Å². The Morgan fingerprint density at radius 3 is 2.47 bits per heavy atom. The lowest BCUT2D eigenvalue weighted by Crippen LogP contribution is -2.35. The number of hydrogen-bond donors (Lipinski definition) is 1. The summed E-state index contributed by atoms with van der Waals surface area (Å²) in [6.45, 7) is 3.34. The van der Waals surface area contributed by atoms with Gasteiger partial charge < -0.3 is 24.0 Å². The van der Waals surface area contributed by atoms with Gasteiger partial charge in [-0.1, -0.05) is 31.0 Å². The molecule has 1 aliphatic heterocycles. The summed E-state index contributed by atoms with van der Waals surface area (Å²) in [7, 11) is 3.12. The highest BCUT2D eigenvalue weighted by Crippen LogP contribution is 2.28. The van der Waals surface area contributed by atoms with Gasteiger partial charge in [-0.15, -0.1) is 0 Å². The van der Waals surface area contributed by atoms with E-state index in [0.717, 1.165) is 29.6 Å². The Bertz CT molecular complexity index is 1140. The maximum Gasteiger partial charge on any atom is 0.185 e. The molecule has 0 spiro atoms. The van der Waals surface area contributed by atoms with Gasteiger partial charge in [0.2, 0.25) is 0 Å². The van der Waals surface area contributed by atoms with E-state index in [1.807, 2.05) is 30.5 Å². The van der Waals surface area contributed by atoms with Gasteiger partial charge in [0.15, 0.2) is 17.3 Å². The third-order valence-corrected chi connectivity index (χ3v) is 6.48. The summed E-state index contributed by atoms with van der Waals surface area (Å²) in [5.41, 5.74) is 2.53. The van der Waals surface area contributed by atoms with Gasteiger partial charge in [0.05, 0.1) is 20.3 Å². The number of carbonyl (C=O) groups is 1. The van der Waals surface area contributed by atoms with E-state index in [-0.39, 0.29) is 5.78 Å². The first-order valence-electron chi connectivity index (χ1n) is 12.0. The summed E-state index contributed by atoms with van der Waals surface area (Å²) in [6, 6.07) is 13.3. The van der Waals surface area contributed by atoms with Crippen molar-refractivity contribution in [3.63, 3.8) is 0 Å². The van der Waals surface area contributed by atoms with Crippen LogP contribution in [0.25, 0.3) is 17.0 Å². The minimum absolute atomic E-state index is 0.112. The molecule has 6 heteroatoms. The maximum atomic E-state index is 12.8. The number of allylic oxidation sites excluding steroid dienone is 1. The molecule has 0 radical (unpaired) electrons. The molecule has 0 unspecified atom stereocenters. The number of fused-ring (bicyclic) bond motifs is 1. The average Bonchev–Trinajstić information content (AvgIpc) is 3.01. The molecule has 1 aromatic heterocycles. The van der Waals surface area contributed by atoms with Gasteiger partial charge in [-0.3, -0.25) is 4.79 Å². The summed E-state index contributed by atoms with van der Waals surface area (Å²) >= 11 is 0. The van der Waals surface area contributed by atoms with Crippen LogP contribution in [0.5, 0.6) is 11.5 Å². The van der Waals surface area contributed by atoms with Crippen molar-refractivity contribution in [1.82, 2.24) is 9.47 Å². The number of para-hydroxylation sites is 1. The highest BCUT2D eigenvalue weighted by atomic mass is 16.5. The first kappa shape index (κ1) is 24.0. The molecule has 180 valence electrons. The van der Waals surface area contributed by atoms with Crippen molar-refractivity contribution in [2.45, 2.75) is 38.3 Å². The van der Waals surface area contributed by atoms with Crippen molar-refractivity contribution < 1.29 is 19.4 Å². The Morgan fingerprint density at radius 2 is 1.74 bits per heavy atom. The third-order valence-electron chi connectivity index (χ3n) is 6.48. The van der Waals surface area contributed by atoms with Crippen molar-refractivity contribution in [2.75, 3.05) is 33.9 Å². The van der Waals surface area contributed by atoms with Gasteiger partial charge in [0, 0.05) is 41.3 Å². The van der Waals surface area contributed by atoms with E-state index in [0.29, 0.717) is 30.2 Å². The van der Waals surface area contributed by atoms with Crippen LogP contribution >= 0.6 is 0 Å². The van der Waals surface area contributed by atoms with Gasteiger partial charge in [0.25, 0.3) is 0 Å². The van der Waals surface area contributed by atoms with Crippen LogP contribution in [-0.4, -0.2) is 60.3 Å². The van der Waals surface area contributed by atoms with Gasteiger partial charge in [-0.05, 0) is 62.3 Å². The van der Waals surface area contributed by atoms with E-state index in [1.165, 1.54) is 25.7 Å². The molecule has 34 heavy (non-hydrogen) atoms. The normalized spacial score (nSPS) is 16.0. The Labute approximate surface area is 201 Å². The lowest BCUT2D eigenvalue weighted by atomic mass is 10.1. The number of rotatable bonds is 9. The van der Waals surface area contributed by atoms with Crippen LogP contribution in [0.4, 0.5) is 0 Å². The van der Waals surface area contributed by atoms with Crippen molar-refractivity contribution in [3.05, 3.63) is 65.9 Å². The molecular weight excluding hydrogens is 428 g/mol. The number of likely N-dealkylation sites (tertiary alicyclic amines) is 1. The fourth-order valence-corrected chi connectivity index (χ4v) is 4.71. The number of aliphatic hydroxyl groups excluding tert-OH is 1. The second-order valence-corrected chi connectivity index (χ2v) is 8.89. The predicted molar refractivity (Wildman–Crippen MR) is 136 cm³/mol. The SMILES string of the molecule is COc1ccc(C(=O)/C=C\c2cn(C[C@H](O)CN3CCCCCC3)c3ccccc23)cc1OC. The molecule has 2 heterocycles. The van der Waals surface area contributed by atoms with Crippen molar-refractivity contribution in [3.8, 4) is 11.5 Å². The molecule has 0 bridgehead atoms. The smallest absolute Gasteiger partial charge is 0.185 e. The molecule has 4 rings (SSSR count). The molecule has 0 saturated carbocycles. The van der Waals surface area contributed by atoms with Crippen LogP contribution in [0.1, 0.15) is 41.6 Å². The monoisotopic (exact) mass is 462 g/mol. The number of ether oxygens (including phenoxy) is 2. The van der Waals surface area contributed by atoms with Gasteiger partial charge in [-0.25, -0.2) is 0 Å². The number of aliphatic hydroxyl groups is 1. The Balaban J connectivity index is 1.51. The minimum Gasteiger partial charge on any atom is -0.493 e. The van der Waals surface area contributed by atoms with E-state index < -0.39 is 6.10 Å². The first-order valence-corrected chi connectivity index (χ1v) is 12.0. The summed E-state index contributed by atoms with van der Waals surface area (Å²) in [4.78, 5) is 15.2. The average molecular weight is 463 g/mol. The fraction of sp³-hybridized carbons (Fsp3) is 0.393. The summed E-state index contributed by atoms with van der Waals surface area (Å²) in [6.07, 6.45) is 10.00. The predicted octanol–water partition coefficient (Wildman–Crippen LogP) is 4.79. The fourth-order valence-electron chi connectivity index (χ4n) is 4.71. The van der Waals surface area contributed by atoms with Gasteiger partial charge in [-0.2, -0.15) is 0 Å². The van der Waals surface area contributed by atoms with Crippen LogP contribution in [0.15, 0.2) is 54.7 Å². The van der Waals surface area contributed by atoms with Crippen LogP contribution in [0.3, 0.4) is 0 Å². The molecule has 3 aromatic rings. The largest absolute Gasteiger partial charge is 0.493 e. The molecule has 1 atom stereocenters. The Morgan fingerprint density at radius 1 is 1.00 bits per heavy atom. The van der Waals surface area contributed by atoms with Crippen LogP contribution in [-0.2, 0) is 6.54 Å².